The number of aryl methyl sites for hydroxylation is 3. The number of thiophene rings is 1. The molecule has 0 saturated carbocycles. The predicted molar refractivity (Wildman–Crippen MR) is 180 cm³/mol. The van der Waals surface area contributed by atoms with E-state index in [1.54, 1.807) is 20.8 Å². The number of benzene rings is 1. The highest BCUT2D eigenvalue weighted by atomic mass is 127. The van der Waals surface area contributed by atoms with Crippen molar-refractivity contribution in [3.05, 3.63) is 68.4 Å². The van der Waals surface area contributed by atoms with Gasteiger partial charge in [0.2, 0.25) is 5.91 Å². The molecule has 44 heavy (non-hydrogen) atoms. The summed E-state index contributed by atoms with van der Waals surface area (Å²) in [6, 6.07) is 4.00. The lowest BCUT2D eigenvalue weighted by molar-refractivity contribution is -0.129. The Morgan fingerprint density at radius 2 is 1.84 bits per heavy atom. The second kappa shape index (κ2) is 15.7. The van der Waals surface area contributed by atoms with Gasteiger partial charge in [-0.15, -0.1) is 28.8 Å². The van der Waals surface area contributed by atoms with Gasteiger partial charge < -0.3 is 20.1 Å². The summed E-state index contributed by atoms with van der Waals surface area (Å²) in [5, 5.41) is 20.2. The van der Waals surface area contributed by atoms with E-state index in [-0.39, 0.29) is 49.6 Å². The van der Waals surface area contributed by atoms with Crippen molar-refractivity contribution in [2.24, 2.45) is 0 Å². The van der Waals surface area contributed by atoms with Gasteiger partial charge in [0.15, 0.2) is 0 Å². The van der Waals surface area contributed by atoms with Crippen LogP contribution in [0.25, 0.3) is 15.2 Å². The van der Waals surface area contributed by atoms with Gasteiger partial charge in [0.1, 0.15) is 26.9 Å². The normalized spacial score (nSPS) is 11.4. The highest BCUT2D eigenvalue weighted by Gasteiger charge is 2.35. The molecule has 4 aromatic rings. The van der Waals surface area contributed by atoms with Crippen molar-refractivity contribution in [1.82, 2.24) is 34.3 Å². The lowest BCUT2D eigenvalue weighted by Crippen LogP contribution is -2.56. The van der Waals surface area contributed by atoms with Gasteiger partial charge in [-0.2, -0.15) is 10.2 Å². The molecule has 12 nitrogen and oxygen atoms in total. The first-order valence-electron chi connectivity index (χ1n) is 13.8. The summed E-state index contributed by atoms with van der Waals surface area (Å²) in [5.74, 6) is -0.399. The SMILES string of the molecule is CN(C)CCO.COc1ccc(F)cc1CCn1c(=O)n(C(C)(C)C(=O)NC(C)C)c(=O)c2c(C)c(-n3nccn3)sc21.I. The minimum atomic E-state index is -1.48. The quantitative estimate of drug-likeness (QED) is 0.237. The Morgan fingerprint density at radius 3 is 2.36 bits per heavy atom. The number of aromatic nitrogens is 5. The van der Waals surface area contributed by atoms with Gasteiger partial charge in [-0.3, -0.25) is 14.2 Å². The lowest BCUT2D eigenvalue weighted by atomic mass is 10.0. The van der Waals surface area contributed by atoms with E-state index in [0.29, 0.717) is 32.1 Å². The second-order valence-electron chi connectivity index (χ2n) is 11.0. The second-order valence-corrected chi connectivity index (χ2v) is 12.0. The zero-order chi connectivity index (χ0) is 32.1. The molecule has 0 saturated heterocycles. The molecule has 0 aliphatic carbocycles. The largest absolute Gasteiger partial charge is 0.496 e. The fourth-order valence-electron chi connectivity index (χ4n) is 4.45. The molecule has 0 bridgehead atoms. The van der Waals surface area contributed by atoms with E-state index >= 15 is 0 Å². The number of hydrogen-bond acceptors (Lipinski definition) is 9. The Labute approximate surface area is 276 Å². The van der Waals surface area contributed by atoms with Crippen LogP contribution in [0.2, 0.25) is 0 Å². The van der Waals surface area contributed by atoms with Gasteiger partial charge >= 0.3 is 5.69 Å². The number of halogens is 2. The van der Waals surface area contributed by atoms with Crippen LogP contribution < -0.4 is 21.3 Å². The van der Waals surface area contributed by atoms with Crippen molar-refractivity contribution in [2.75, 3.05) is 34.4 Å². The van der Waals surface area contributed by atoms with Crippen molar-refractivity contribution in [3.63, 3.8) is 0 Å². The maximum atomic E-state index is 14.0. The molecule has 3 aromatic heterocycles. The lowest BCUT2D eigenvalue weighted by Gasteiger charge is -2.27. The summed E-state index contributed by atoms with van der Waals surface area (Å²) >= 11 is 1.20. The smallest absolute Gasteiger partial charge is 0.333 e. The van der Waals surface area contributed by atoms with Gasteiger partial charge in [0.05, 0.1) is 31.5 Å². The van der Waals surface area contributed by atoms with Crippen LogP contribution >= 0.6 is 35.3 Å². The van der Waals surface area contributed by atoms with Crippen LogP contribution in [0, 0.1) is 12.7 Å². The van der Waals surface area contributed by atoms with Gasteiger partial charge in [-0.05, 0) is 78.9 Å². The molecule has 3 heterocycles. The summed E-state index contributed by atoms with van der Waals surface area (Å²) < 4.78 is 21.8. The molecule has 2 N–H and O–H groups in total. The van der Waals surface area contributed by atoms with E-state index in [1.165, 1.54) is 72.3 Å². The third-order valence-electron chi connectivity index (χ3n) is 6.72. The van der Waals surface area contributed by atoms with Crippen molar-refractivity contribution < 1.29 is 19.0 Å². The van der Waals surface area contributed by atoms with E-state index in [9.17, 15) is 18.8 Å². The topological polar surface area (TPSA) is 137 Å². The number of ether oxygens (including phenoxy) is 1. The van der Waals surface area contributed by atoms with Crippen molar-refractivity contribution >= 4 is 51.4 Å². The summed E-state index contributed by atoms with van der Waals surface area (Å²) in [6.45, 7) is 9.58. The fraction of sp³-hybridized carbons (Fsp3) is 0.483. The minimum Gasteiger partial charge on any atom is -0.496 e. The highest BCUT2D eigenvalue weighted by Crippen LogP contribution is 2.31. The Morgan fingerprint density at radius 1 is 1.20 bits per heavy atom. The van der Waals surface area contributed by atoms with Crippen LogP contribution in [0.5, 0.6) is 5.75 Å². The highest BCUT2D eigenvalue weighted by molar-refractivity contribution is 14.0. The van der Waals surface area contributed by atoms with Crippen LogP contribution in [-0.2, 0) is 23.3 Å². The number of hydrogen-bond donors (Lipinski definition) is 2. The van der Waals surface area contributed by atoms with Gasteiger partial charge in [0.25, 0.3) is 5.56 Å². The Balaban J connectivity index is 0.000000877. The number of aliphatic hydroxyl groups is 1. The van der Waals surface area contributed by atoms with E-state index in [2.05, 4.69) is 15.5 Å². The molecular formula is C29H41FIN7O5S. The number of carbonyl (C=O) groups excluding carboxylic acids is 1. The zero-order valence-corrected chi connectivity index (χ0v) is 29.4. The van der Waals surface area contributed by atoms with Crippen molar-refractivity contribution in [2.45, 2.75) is 59.2 Å². The standard InChI is InChI=1S/C25H29FN6O4S.C4H11NO.HI/c1-14(2)29-23(34)25(4,5)31-20(33)19-15(3)21(32-27-10-11-28-32)37-22(19)30(24(31)35)12-9-16-13-17(26)7-8-18(16)36-6;1-5(2)3-4-6;/h7-8,10-11,13-14H,9,12H2,1-6H3,(H,29,34);6H,3-4H2,1-2H3;1H. The van der Waals surface area contributed by atoms with Crippen molar-refractivity contribution in [3.8, 4) is 10.8 Å². The number of carbonyl (C=O) groups is 1. The number of fused-ring (bicyclic) bond motifs is 1. The zero-order valence-electron chi connectivity index (χ0n) is 26.3. The van der Waals surface area contributed by atoms with E-state index < -0.39 is 28.5 Å². The molecule has 0 aliphatic heterocycles. The third-order valence-corrected chi connectivity index (χ3v) is 8.00. The Hall–Kier alpha value is -3.15. The molecule has 0 unspecified atom stereocenters. The molecule has 0 spiro atoms. The number of nitrogens with zero attached hydrogens (tertiary/aromatic N) is 6. The summed E-state index contributed by atoms with van der Waals surface area (Å²) in [7, 11) is 5.34. The average molecular weight is 746 g/mol. The number of aliphatic hydroxyl groups excluding tert-OH is 1. The number of rotatable bonds is 10. The van der Waals surface area contributed by atoms with E-state index in [1.807, 2.05) is 19.0 Å². The fourth-order valence-corrected chi connectivity index (χ4v) is 5.69. The molecule has 1 aromatic carbocycles. The summed E-state index contributed by atoms with van der Waals surface area (Å²) in [6.07, 6.45) is 3.29. The first-order chi connectivity index (χ1) is 20.2. The first kappa shape index (κ1) is 37.0. The Kier molecular flexibility index (Phi) is 13.2. The van der Waals surface area contributed by atoms with Crippen LogP contribution in [0.15, 0.2) is 40.2 Å². The van der Waals surface area contributed by atoms with Crippen LogP contribution in [-0.4, -0.2) is 80.4 Å². The number of methoxy groups -OCH3 is 1. The van der Waals surface area contributed by atoms with Crippen LogP contribution in [0.1, 0.15) is 38.8 Å². The number of likely N-dealkylation sites (N-methyl/N-ethyl adjacent to an activating group) is 1. The van der Waals surface area contributed by atoms with E-state index in [0.717, 1.165) is 11.1 Å². The molecule has 0 aliphatic rings. The maximum absolute atomic E-state index is 14.0. The average Bonchev–Trinajstić information content (AvgIpc) is 3.56. The number of amides is 1. The van der Waals surface area contributed by atoms with Gasteiger partial charge in [-0.25, -0.2) is 13.8 Å². The third kappa shape index (κ3) is 8.11. The molecule has 0 fully saturated rings. The van der Waals surface area contributed by atoms with Gasteiger partial charge in [0, 0.05) is 24.7 Å². The monoisotopic (exact) mass is 745 g/mol. The van der Waals surface area contributed by atoms with Gasteiger partial charge in [-0.1, -0.05) is 11.3 Å². The molecule has 1 amide bonds. The van der Waals surface area contributed by atoms with Crippen LogP contribution in [0.4, 0.5) is 4.39 Å². The predicted octanol–water partition coefficient (Wildman–Crippen LogP) is 2.92. The van der Waals surface area contributed by atoms with Crippen LogP contribution in [0.3, 0.4) is 0 Å². The summed E-state index contributed by atoms with van der Waals surface area (Å²) in [4.78, 5) is 44.6. The first-order valence-corrected chi connectivity index (χ1v) is 14.6. The molecule has 15 heteroatoms. The molecule has 242 valence electrons. The Bertz CT molecular complexity index is 1680. The minimum absolute atomic E-state index is 0. The van der Waals surface area contributed by atoms with E-state index in [4.69, 9.17) is 9.84 Å². The molecular weight excluding hydrogens is 704 g/mol. The number of nitrogens with one attached hydrogen (secondary N) is 1. The molecule has 0 radical (unpaired) electrons. The molecule has 0 atom stereocenters. The maximum Gasteiger partial charge on any atom is 0.333 e. The van der Waals surface area contributed by atoms with Crippen molar-refractivity contribution in [1.29, 1.82) is 0 Å². The molecule has 4 rings (SSSR count). The summed E-state index contributed by atoms with van der Waals surface area (Å²) in [5.41, 5.74) is -1.54.